The van der Waals surface area contributed by atoms with Crippen LogP contribution < -0.4 is 0 Å². The van der Waals surface area contributed by atoms with Crippen molar-refractivity contribution in [2.45, 2.75) is 39.5 Å². The number of hydrogen-bond acceptors (Lipinski definition) is 2. The Morgan fingerprint density at radius 2 is 1.48 bits per heavy atom. The Hall–Kier alpha value is -1.80. The van der Waals surface area contributed by atoms with Crippen molar-refractivity contribution in [1.29, 1.82) is 0 Å². The molecule has 2 nitrogen and oxygen atoms in total. The largest absolute Gasteiger partial charge is 0.507 e. The SMILES string of the molecule is Cc1ccc([C@@H](CO)c2ccc(C(C)C)cc2)c(O)c1C. The molecule has 21 heavy (non-hydrogen) atoms. The van der Waals surface area contributed by atoms with Gasteiger partial charge in [0.25, 0.3) is 0 Å². The van der Waals surface area contributed by atoms with Crippen LogP contribution in [0.5, 0.6) is 5.75 Å². The van der Waals surface area contributed by atoms with Gasteiger partial charge in [0.2, 0.25) is 0 Å². The van der Waals surface area contributed by atoms with Crippen LogP contribution in [0, 0.1) is 13.8 Å². The van der Waals surface area contributed by atoms with E-state index in [0.717, 1.165) is 22.3 Å². The second-order valence-corrected chi connectivity index (χ2v) is 6.00. The first-order chi connectivity index (χ1) is 9.95. The van der Waals surface area contributed by atoms with Crippen LogP contribution in [-0.2, 0) is 0 Å². The molecule has 2 heteroatoms. The monoisotopic (exact) mass is 284 g/mol. The van der Waals surface area contributed by atoms with Crippen molar-refractivity contribution in [1.82, 2.24) is 0 Å². The summed E-state index contributed by atoms with van der Waals surface area (Å²) in [5, 5.41) is 20.2. The van der Waals surface area contributed by atoms with Crippen molar-refractivity contribution in [2.75, 3.05) is 6.61 Å². The molecule has 0 aliphatic carbocycles. The van der Waals surface area contributed by atoms with E-state index < -0.39 is 0 Å². The van der Waals surface area contributed by atoms with E-state index in [4.69, 9.17) is 0 Å². The van der Waals surface area contributed by atoms with E-state index in [9.17, 15) is 10.2 Å². The maximum Gasteiger partial charge on any atom is 0.122 e. The molecule has 0 unspecified atom stereocenters. The number of phenols is 1. The molecule has 0 aliphatic rings. The van der Waals surface area contributed by atoms with Crippen LogP contribution in [0.4, 0.5) is 0 Å². The van der Waals surface area contributed by atoms with Gasteiger partial charge >= 0.3 is 0 Å². The number of phenolic OH excluding ortho intramolecular Hbond substituents is 1. The highest BCUT2D eigenvalue weighted by Crippen LogP contribution is 2.34. The maximum absolute atomic E-state index is 10.4. The molecule has 0 saturated carbocycles. The third-order valence-electron chi connectivity index (χ3n) is 4.30. The van der Waals surface area contributed by atoms with Crippen LogP contribution in [-0.4, -0.2) is 16.8 Å². The molecule has 0 fully saturated rings. The van der Waals surface area contributed by atoms with Gasteiger partial charge in [-0.05, 0) is 42.0 Å². The lowest BCUT2D eigenvalue weighted by atomic mass is 9.88. The topological polar surface area (TPSA) is 40.5 Å². The zero-order valence-corrected chi connectivity index (χ0v) is 13.2. The Bertz CT molecular complexity index is 612. The fourth-order valence-electron chi connectivity index (χ4n) is 2.60. The van der Waals surface area contributed by atoms with Crippen LogP contribution in [0.1, 0.15) is 53.5 Å². The molecule has 0 amide bonds. The van der Waals surface area contributed by atoms with Gasteiger partial charge in [0.15, 0.2) is 0 Å². The van der Waals surface area contributed by atoms with Gasteiger partial charge in [-0.3, -0.25) is 0 Å². The Balaban J connectivity index is 2.42. The number of aliphatic hydroxyl groups is 1. The average Bonchev–Trinajstić information content (AvgIpc) is 2.48. The minimum atomic E-state index is -0.189. The van der Waals surface area contributed by atoms with Crippen molar-refractivity contribution < 1.29 is 10.2 Å². The van der Waals surface area contributed by atoms with Gasteiger partial charge in [-0.15, -0.1) is 0 Å². The molecular weight excluding hydrogens is 260 g/mol. The smallest absolute Gasteiger partial charge is 0.122 e. The second-order valence-electron chi connectivity index (χ2n) is 6.00. The minimum Gasteiger partial charge on any atom is -0.507 e. The second kappa shape index (κ2) is 6.31. The number of aromatic hydroxyl groups is 1. The van der Waals surface area contributed by atoms with Crippen LogP contribution >= 0.6 is 0 Å². The summed E-state index contributed by atoms with van der Waals surface area (Å²) in [6.45, 7) is 8.19. The van der Waals surface area contributed by atoms with E-state index in [1.807, 2.05) is 38.1 Å². The van der Waals surface area contributed by atoms with Crippen LogP contribution in [0.3, 0.4) is 0 Å². The summed E-state index contributed by atoms with van der Waals surface area (Å²) < 4.78 is 0. The summed E-state index contributed by atoms with van der Waals surface area (Å²) in [4.78, 5) is 0. The maximum atomic E-state index is 10.4. The van der Waals surface area contributed by atoms with Gasteiger partial charge in [-0.1, -0.05) is 50.2 Å². The Morgan fingerprint density at radius 1 is 0.905 bits per heavy atom. The van der Waals surface area contributed by atoms with E-state index in [1.165, 1.54) is 5.56 Å². The molecular formula is C19H24O2. The Kier molecular flexibility index (Phi) is 4.69. The van der Waals surface area contributed by atoms with Gasteiger partial charge < -0.3 is 10.2 Å². The number of benzene rings is 2. The molecule has 0 bridgehead atoms. The van der Waals surface area contributed by atoms with Crippen molar-refractivity contribution in [3.05, 3.63) is 64.2 Å². The standard InChI is InChI=1S/C19H24O2/c1-12(2)15-6-8-16(9-7-15)18(11-20)17-10-5-13(3)14(4)19(17)21/h5-10,12,18,20-21H,11H2,1-4H3/t18-/m0/s1. The fourth-order valence-corrected chi connectivity index (χ4v) is 2.60. The predicted octanol–water partition coefficient (Wildman–Crippen LogP) is 4.26. The molecule has 2 aromatic carbocycles. The van der Waals surface area contributed by atoms with Gasteiger partial charge in [0, 0.05) is 11.5 Å². The van der Waals surface area contributed by atoms with E-state index in [2.05, 4.69) is 26.0 Å². The molecule has 0 spiro atoms. The number of aliphatic hydroxyl groups excluding tert-OH is 1. The summed E-state index contributed by atoms with van der Waals surface area (Å²) in [5.41, 5.74) is 5.03. The summed E-state index contributed by atoms with van der Waals surface area (Å²) >= 11 is 0. The molecule has 0 aliphatic heterocycles. The molecule has 112 valence electrons. The van der Waals surface area contributed by atoms with Crippen molar-refractivity contribution in [2.24, 2.45) is 0 Å². The van der Waals surface area contributed by atoms with E-state index >= 15 is 0 Å². The van der Waals surface area contributed by atoms with Gasteiger partial charge in [0.05, 0.1) is 6.61 Å². The van der Waals surface area contributed by atoms with Crippen LogP contribution in [0.25, 0.3) is 0 Å². The van der Waals surface area contributed by atoms with Gasteiger partial charge in [-0.25, -0.2) is 0 Å². The summed E-state index contributed by atoms with van der Waals surface area (Å²) in [7, 11) is 0. The molecule has 2 rings (SSSR count). The normalized spacial score (nSPS) is 12.7. The van der Waals surface area contributed by atoms with E-state index in [-0.39, 0.29) is 12.5 Å². The number of aryl methyl sites for hydroxylation is 1. The van der Waals surface area contributed by atoms with E-state index in [1.54, 1.807) is 0 Å². The third-order valence-corrected chi connectivity index (χ3v) is 4.30. The molecule has 1 atom stereocenters. The highest BCUT2D eigenvalue weighted by atomic mass is 16.3. The van der Waals surface area contributed by atoms with Crippen molar-refractivity contribution >= 4 is 0 Å². The third kappa shape index (κ3) is 3.11. The lowest BCUT2D eigenvalue weighted by Gasteiger charge is -2.19. The molecule has 2 N–H and O–H groups in total. The molecule has 2 aromatic rings. The van der Waals surface area contributed by atoms with Gasteiger partial charge in [-0.2, -0.15) is 0 Å². The van der Waals surface area contributed by atoms with Crippen LogP contribution in [0.15, 0.2) is 36.4 Å². The molecule has 0 radical (unpaired) electrons. The quantitative estimate of drug-likeness (QED) is 0.881. The first-order valence-electron chi connectivity index (χ1n) is 7.45. The number of rotatable bonds is 4. The lowest BCUT2D eigenvalue weighted by molar-refractivity contribution is 0.278. The lowest BCUT2D eigenvalue weighted by Crippen LogP contribution is -2.07. The summed E-state index contributed by atoms with van der Waals surface area (Å²) in [6.07, 6.45) is 0. The van der Waals surface area contributed by atoms with Crippen molar-refractivity contribution in [3.8, 4) is 5.75 Å². The molecule has 0 heterocycles. The summed E-state index contributed by atoms with van der Waals surface area (Å²) in [5.74, 6) is 0.592. The summed E-state index contributed by atoms with van der Waals surface area (Å²) in [6, 6.07) is 12.2. The highest BCUT2D eigenvalue weighted by molar-refractivity contribution is 5.49. The zero-order chi connectivity index (χ0) is 15.6. The first-order valence-corrected chi connectivity index (χ1v) is 7.45. The average molecular weight is 284 g/mol. The predicted molar refractivity (Wildman–Crippen MR) is 87.0 cm³/mol. The zero-order valence-electron chi connectivity index (χ0n) is 13.2. The first kappa shape index (κ1) is 15.6. The minimum absolute atomic E-state index is 0.0168. The van der Waals surface area contributed by atoms with Crippen molar-refractivity contribution in [3.63, 3.8) is 0 Å². The highest BCUT2D eigenvalue weighted by Gasteiger charge is 2.18. The van der Waals surface area contributed by atoms with Gasteiger partial charge in [0.1, 0.15) is 5.75 Å². The number of hydrogen-bond donors (Lipinski definition) is 2. The molecule has 0 saturated heterocycles. The Labute approximate surface area is 127 Å². The van der Waals surface area contributed by atoms with E-state index in [0.29, 0.717) is 11.7 Å². The Morgan fingerprint density at radius 3 is 2.00 bits per heavy atom. The van der Waals surface area contributed by atoms with Crippen LogP contribution in [0.2, 0.25) is 0 Å². The fraction of sp³-hybridized carbons (Fsp3) is 0.368. The molecule has 0 aromatic heterocycles.